The summed E-state index contributed by atoms with van der Waals surface area (Å²) in [6.07, 6.45) is 5.86. The summed E-state index contributed by atoms with van der Waals surface area (Å²) >= 11 is 0. The molecule has 6 nitrogen and oxygen atoms in total. The van der Waals surface area contributed by atoms with Crippen LogP contribution in [-0.4, -0.2) is 17.7 Å². The Labute approximate surface area is 157 Å². The Morgan fingerprint density at radius 1 is 1.19 bits per heavy atom. The van der Waals surface area contributed by atoms with E-state index in [0.717, 1.165) is 18.4 Å². The molecule has 0 saturated carbocycles. The summed E-state index contributed by atoms with van der Waals surface area (Å²) in [5.74, 6) is -0.809. The molecule has 1 aromatic heterocycles. The van der Waals surface area contributed by atoms with E-state index >= 15 is 0 Å². The molecule has 0 aliphatic heterocycles. The molecule has 27 heavy (non-hydrogen) atoms. The normalized spacial score (nSPS) is 11.3. The summed E-state index contributed by atoms with van der Waals surface area (Å²) in [4.78, 5) is 23.1. The number of ether oxygens (including phenoxy) is 2. The zero-order chi connectivity index (χ0) is 20.0. The van der Waals surface area contributed by atoms with Crippen molar-refractivity contribution in [3.05, 3.63) is 51.9 Å². The van der Waals surface area contributed by atoms with Crippen LogP contribution in [0.5, 0.6) is 17.2 Å². The number of rotatable bonds is 7. The van der Waals surface area contributed by atoms with Crippen molar-refractivity contribution < 1.29 is 23.8 Å². The first-order chi connectivity index (χ1) is 12.8. The molecule has 6 heteroatoms. The van der Waals surface area contributed by atoms with Gasteiger partial charge in [-0.25, -0.2) is 4.79 Å². The lowest BCUT2D eigenvalue weighted by molar-refractivity contribution is -0.131. The van der Waals surface area contributed by atoms with Crippen molar-refractivity contribution in [2.75, 3.05) is 6.61 Å². The summed E-state index contributed by atoms with van der Waals surface area (Å²) in [7, 11) is 0. The monoisotopic (exact) mass is 372 g/mol. The van der Waals surface area contributed by atoms with Crippen molar-refractivity contribution in [1.82, 2.24) is 0 Å². The Hall–Kier alpha value is -3.02. The first kappa shape index (κ1) is 20.3. The van der Waals surface area contributed by atoms with Gasteiger partial charge in [0.15, 0.2) is 5.75 Å². The third-order valence-electron chi connectivity index (χ3n) is 3.82. The number of hydrogen-bond acceptors (Lipinski definition) is 6. The fourth-order valence-corrected chi connectivity index (χ4v) is 2.46. The van der Waals surface area contributed by atoms with E-state index in [1.54, 1.807) is 0 Å². The van der Waals surface area contributed by atoms with Gasteiger partial charge in [-0.1, -0.05) is 17.2 Å². The van der Waals surface area contributed by atoms with Gasteiger partial charge in [-0.2, -0.15) is 0 Å². The van der Waals surface area contributed by atoms with Gasteiger partial charge in [0.05, 0.1) is 5.39 Å². The van der Waals surface area contributed by atoms with Crippen molar-refractivity contribution >= 4 is 16.9 Å². The molecule has 0 amide bonds. The second kappa shape index (κ2) is 9.07. The zero-order valence-corrected chi connectivity index (χ0v) is 16.0. The van der Waals surface area contributed by atoms with E-state index in [1.165, 1.54) is 30.7 Å². The summed E-state index contributed by atoms with van der Waals surface area (Å²) in [5, 5.41) is 10.6. The van der Waals surface area contributed by atoms with E-state index < -0.39 is 11.6 Å². The number of aromatic hydroxyl groups is 1. The van der Waals surface area contributed by atoms with Gasteiger partial charge in [-0.3, -0.25) is 4.79 Å². The molecule has 0 bridgehead atoms. The fraction of sp³-hybridized carbons (Fsp3) is 0.333. The minimum Gasteiger partial charge on any atom is -0.504 e. The molecule has 0 unspecified atom stereocenters. The van der Waals surface area contributed by atoms with E-state index in [-0.39, 0.29) is 29.4 Å². The van der Waals surface area contributed by atoms with E-state index in [9.17, 15) is 14.7 Å². The minimum atomic E-state index is -0.796. The number of carbonyl (C=O) groups excluding carboxylic acids is 1. The van der Waals surface area contributed by atoms with Crippen molar-refractivity contribution in [1.29, 1.82) is 0 Å². The standard InChI is InChI=1S/C21H24O6/c1-13(2)6-5-7-14(3)10-11-25-20-19(23)17-9-8-16(26-15(4)22)12-18(17)27-21(20)24/h6,8-10,12,23H,5,7,11H2,1-4H3. The number of fused-ring (bicyclic) bond motifs is 1. The van der Waals surface area contributed by atoms with Gasteiger partial charge in [0.1, 0.15) is 17.9 Å². The van der Waals surface area contributed by atoms with Crippen LogP contribution in [0.15, 0.2) is 50.7 Å². The van der Waals surface area contributed by atoms with Crippen LogP contribution in [0, 0.1) is 0 Å². The highest BCUT2D eigenvalue weighted by Gasteiger charge is 2.16. The van der Waals surface area contributed by atoms with Crippen molar-refractivity contribution in [2.45, 2.75) is 40.5 Å². The van der Waals surface area contributed by atoms with Gasteiger partial charge in [-0.05, 0) is 51.8 Å². The van der Waals surface area contributed by atoms with Crippen LogP contribution < -0.4 is 15.1 Å². The maximum atomic E-state index is 12.1. The molecule has 1 N–H and O–H groups in total. The summed E-state index contributed by atoms with van der Waals surface area (Å²) < 4.78 is 15.6. The van der Waals surface area contributed by atoms with Crippen molar-refractivity contribution in [2.24, 2.45) is 0 Å². The molecular weight excluding hydrogens is 348 g/mol. The van der Waals surface area contributed by atoms with Gasteiger partial charge < -0.3 is 19.0 Å². The van der Waals surface area contributed by atoms with E-state index in [2.05, 4.69) is 19.9 Å². The molecule has 1 heterocycles. The quantitative estimate of drug-likeness (QED) is 0.333. The molecule has 144 valence electrons. The van der Waals surface area contributed by atoms with Gasteiger partial charge in [0.25, 0.3) is 0 Å². The Bertz CT molecular complexity index is 945. The lowest BCUT2D eigenvalue weighted by Gasteiger charge is -2.08. The van der Waals surface area contributed by atoms with Crippen LogP contribution in [0.3, 0.4) is 0 Å². The molecule has 0 spiro atoms. The average molecular weight is 372 g/mol. The first-order valence-electron chi connectivity index (χ1n) is 8.68. The Balaban J connectivity index is 2.15. The van der Waals surface area contributed by atoms with Crippen LogP contribution in [0.2, 0.25) is 0 Å². The minimum absolute atomic E-state index is 0.108. The number of hydrogen-bond donors (Lipinski definition) is 1. The molecule has 0 fully saturated rings. The smallest absolute Gasteiger partial charge is 0.383 e. The van der Waals surface area contributed by atoms with Crippen molar-refractivity contribution in [3.63, 3.8) is 0 Å². The molecule has 0 radical (unpaired) electrons. The average Bonchev–Trinajstić information content (AvgIpc) is 2.56. The molecule has 0 aliphatic rings. The highest BCUT2D eigenvalue weighted by atomic mass is 16.5. The molecule has 1 aromatic carbocycles. The Kier molecular flexibility index (Phi) is 6.82. The molecular formula is C21H24O6. The summed E-state index contributed by atoms with van der Waals surface area (Å²) in [6, 6.07) is 4.37. The lowest BCUT2D eigenvalue weighted by Crippen LogP contribution is -2.08. The molecule has 0 atom stereocenters. The zero-order valence-electron chi connectivity index (χ0n) is 16.0. The molecule has 0 saturated heterocycles. The van der Waals surface area contributed by atoms with Crippen molar-refractivity contribution in [3.8, 4) is 17.2 Å². The second-order valence-corrected chi connectivity index (χ2v) is 6.50. The van der Waals surface area contributed by atoms with Gasteiger partial charge in [0.2, 0.25) is 5.75 Å². The van der Waals surface area contributed by atoms with E-state index in [1.807, 2.05) is 13.0 Å². The third kappa shape index (κ3) is 5.74. The number of esters is 1. The maximum Gasteiger partial charge on any atom is 0.383 e. The maximum absolute atomic E-state index is 12.1. The molecule has 2 aromatic rings. The molecule has 2 rings (SSSR count). The van der Waals surface area contributed by atoms with Crippen LogP contribution in [0.4, 0.5) is 0 Å². The molecule has 0 aliphatic carbocycles. The van der Waals surface area contributed by atoms with Crippen LogP contribution >= 0.6 is 0 Å². The van der Waals surface area contributed by atoms with Gasteiger partial charge >= 0.3 is 11.6 Å². The summed E-state index contributed by atoms with van der Waals surface area (Å²) in [5.41, 5.74) is 1.71. The number of benzene rings is 1. The highest BCUT2D eigenvalue weighted by Crippen LogP contribution is 2.33. The number of carbonyl (C=O) groups is 1. The highest BCUT2D eigenvalue weighted by molar-refractivity contribution is 5.86. The van der Waals surface area contributed by atoms with Gasteiger partial charge in [-0.15, -0.1) is 0 Å². The number of allylic oxidation sites excluding steroid dienone is 3. The first-order valence-corrected chi connectivity index (χ1v) is 8.68. The van der Waals surface area contributed by atoms with Crippen LogP contribution in [-0.2, 0) is 4.79 Å². The Morgan fingerprint density at radius 2 is 1.93 bits per heavy atom. The summed E-state index contributed by atoms with van der Waals surface area (Å²) in [6.45, 7) is 7.51. The lowest BCUT2D eigenvalue weighted by atomic mass is 10.1. The fourth-order valence-electron chi connectivity index (χ4n) is 2.46. The van der Waals surface area contributed by atoms with E-state index in [0.29, 0.717) is 5.39 Å². The van der Waals surface area contributed by atoms with Gasteiger partial charge in [0, 0.05) is 13.0 Å². The predicted octanol–water partition coefficient (Wildman–Crippen LogP) is 4.50. The van der Waals surface area contributed by atoms with Crippen LogP contribution in [0.1, 0.15) is 40.5 Å². The Morgan fingerprint density at radius 3 is 2.59 bits per heavy atom. The third-order valence-corrected chi connectivity index (χ3v) is 3.82. The second-order valence-electron chi connectivity index (χ2n) is 6.50. The van der Waals surface area contributed by atoms with E-state index in [4.69, 9.17) is 13.9 Å². The van der Waals surface area contributed by atoms with Crippen LogP contribution in [0.25, 0.3) is 11.0 Å². The topological polar surface area (TPSA) is 86.0 Å². The largest absolute Gasteiger partial charge is 0.504 e. The SMILES string of the molecule is CC(=O)Oc1ccc2c(O)c(OCC=C(C)CCC=C(C)C)c(=O)oc2c1. The predicted molar refractivity (Wildman–Crippen MR) is 103 cm³/mol.